The Labute approximate surface area is 139 Å². The van der Waals surface area contributed by atoms with Crippen molar-refractivity contribution < 1.29 is 18.3 Å². The topological polar surface area (TPSA) is 68.9 Å². The third-order valence-electron chi connectivity index (χ3n) is 3.08. The Hall–Kier alpha value is -2.83. The average molecular weight is 335 g/mol. The lowest BCUT2D eigenvalue weighted by Crippen LogP contribution is -2.22. The largest absolute Gasteiger partial charge is 0.495 e. The molecule has 0 saturated heterocycles. The number of nitrogens with two attached hydrogens (primary N) is 1. The summed E-state index contributed by atoms with van der Waals surface area (Å²) in [6.07, 6.45) is -2.51. The SMILES string of the molecule is COc1ccccc1NC(N)=NCc1cccc(OCC(F)F)c1. The van der Waals surface area contributed by atoms with Crippen molar-refractivity contribution in [1.29, 1.82) is 0 Å². The summed E-state index contributed by atoms with van der Waals surface area (Å²) in [5.74, 6) is 1.25. The molecule has 3 N–H and O–H groups in total. The number of methoxy groups -OCH3 is 1. The summed E-state index contributed by atoms with van der Waals surface area (Å²) in [5, 5.41) is 2.96. The molecule has 0 amide bonds. The fourth-order valence-electron chi connectivity index (χ4n) is 1.99. The molecule has 0 saturated carbocycles. The number of para-hydroxylation sites is 2. The number of benzene rings is 2. The van der Waals surface area contributed by atoms with Crippen LogP contribution in [0.3, 0.4) is 0 Å². The Morgan fingerprint density at radius 3 is 2.75 bits per heavy atom. The van der Waals surface area contributed by atoms with Crippen LogP contribution in [0.1, 0.15) is 5.56 Å². The fourth-order valence-corrected chi connectivity index (χ4v) is 1.99. The van der Waals surface area contributed by atoms with Crippen LogP contribution in [-0.4, -0.2) is 26.1 Å². The molecule has 0 aliphatic heterocycles. The Kier molecular flexibility index (Phi) is 6.36. The maximum absolute atomic E-state index is 12.2. The van der Waals surface area contributed by atoms with Crippen LogP contribution in [0.5, 0.6) is 11.5 Å². The van der Waals surface area contributed by atoms with E-state index >= 15 is 0 Å². The van der Waals surface area contributed by atoms with E-state index in [0.717, 1.165) is 5.56 Å². The lowest BCUT2D eigenvalue weighted by molar-refractivity contribution is 0.0818. The van der Waals surface area contributed by atoms with E-state index in [0.29, 0.717) is 23.7 Å². The number of hydrogen-bond acceptors (Lipinski definition) is 3. The molecule has 0 heterocycles. The van der Waals surface area contributed by atoms with E-state index in [2.05, 4.69) is 10.3 Å². The van der Waals surface area contributed by atoms with Crippen molar-refractivity contribution in [3.05, 3.63) is 54.1 Å². The van der Waals surface area contributed by atoms with Gasteiger partial charge in [0.1, 0.15) is 18.1 Å². The Morgan fingerprint density at radius 2 is 2.00 bits per heavy atom. The van der Waals surface area contributed by atoms with Gasteiger partial charge in [-0.1, -0.05) is 24.3 Å². The molecule has 2 aromatic rings. The maximum atomic E-state index is 12.2. The van der Waals surface area contributed by atoms with Crippen molar-refractivity contribution in [2.24, 2.45) is 10.7 Å². The molecule has 2 rings (SSSR count). The maximum Gasteiger partial charge on any atom is 0.272 e. The van der Waals surface area contributed by atoms with Crippen LogP contribution in [0, 0.1) is 0 Å². The first-order valence-electron chi connectivity index (χ1n) is 7.28. The van der Waals surface area contributed by atoms with Gasteiger partial charge in [0.05, 0.1) is 19.3 Å². The first-order valence-corrected chi connectivity index (χ1v) is 7.28. The predicted octanol–water partition coefficient (Wildman–Crippen LogP) is 3.27. The van der Waals surface area contributed by atoms with E-state index in [9.17, 15) is 8.78 Å². The molecule has 7 heteroatoms. The van der Waals surface area contributed by atoms with E-state index in [4.69, 9.17) is 15.2 Å². The minimum Gasteiger partial charge on any atom is -0.495 e. The molecule has 0 spiro atoms. The van der Waals surface area contributed by atoms with Gasteiger partial charge in [-0.25, -0.2) is 13.8 Å². The highest BCUT2D eigenvalue weighted by Crippen LogP contribution is 2.22. The van der Waals surface area contributed by atoms with Crippen LogP contribution >= 0.6 is 0 Å². The molecular formula is C17H19F2N3O2. The number of nitrogens with one attached hydrogen (secondary N) is 1. The normalized spacial score (nSPS) is 11.4. The van der Waals surface area contributed by atoms with Crippen LogP contribution in [0.15, 0.2) is 53.5 Å². The van der Waals surface area contributed by atoms with E-state index in [1.807, 2.05) is 24.3 Å². The predicted molar refractivity (Wildman–Crippen MR) is 89.9 cm³/mol. The third kappa shape index (κ3) is 5.42. The van der Waals surface area contributed by atoms with Crippen LogP contribution < -0.4 is 20.5 Å². The van der Waals surface area contributed by atoms with Gasteiger partial charge in [0.15, 0.2) is 5.96 Å². The van der Waals surface area contributed by atoms with E-state index < -0.39 is 13.0 Å². The number of guanidine groups is 1. The minimum absolute atomic E-state index is 0.221. The molecule has 0 bridgehead atoms. The van der Waals surface area contributed by atoms with Gasteiger partial charge in [0.25, 0.3) is 6.43 Å². The second-order valence-corrected chi connectivity index (χ2v) is 4.88. The molecule has 0 aliphatic carbocycles. The van der Waals surface area contributed by atoms with Crippen molar-refractivity contribution in [2.75, 3.05) is 19.0 Å². The highest BCUT2D eigenvalue weighted by molar-refractivity contribution is 5.93. The molecule has 0 aliphatic rings. The first-order chi connectivity index (χ1) is 11.6. The molecule has 0 aromatic heterocycles. The van der Waals surface area contributed by atoms with Crippen molar-refractivity contribution in [3.63, 3.8) is 0 Å². The van der Waals surface area contributed by atoms with Crippen molar-refractivity contribution in [3.8, 4) is 11.5 Å². The standard InChI is InChI=1S/C17H19F2N3O2/c1-23-15-8-3-2-7-14(15)22-17(20)21-10-12-5-4-6-13(9-12)24-11-16(18)19/h2-9,16H,10-11H2,1H3,(H3,20,21,22). The monoisotopic (exact) mass is 335 g/mol. The Bertz CT molecular complexity index is 693. The second-order valence-electron chi connectivity index (χ2n) is 4.88. The highest BCUT2D eigenvalue weighted by atomic mass is 19.3. The summed E-state index contributed by atoms with van der Waals surface area (Å²) < 4.78 is 34.5. The molecule has 2 aromatic carbocycles. The molecular weight excluding hydrogens is 316 g/mol. The number of rotatable bonds is 7. The quantitative estimate of drug-likeness (QED) is 0.602. The van der Waals surface area contributed by atoms with E-state index in [1.165, 1.54) is 0 Å². The summed E-state index contributed by atoms with van der Waals surface area (Å²) in [5.41, 5.74) is 7.37. The minimum atomic E-state index is -2.51. The van der Waals surface area contributed by atoms with Gasteiger partial charge in [-0.2, -0.15) is 0 Å². The van der Waals surface area contributed by atoms with Gasteiger partial charge in [0.2, 0.25) is 0 Å². The summed E-state index contributed by atoms with van der Waals surface area (Å²) in [6, 6.07) is 14.1. The summed E-state index contributed by atoms with van der Waals surface area (Å²) in [7, 11) is 1.57. The van der Waals surface area contributed by atoms with Crippen molar-refractivity contribution in [1.82, 2.24) is 0 Å². The lowest BCUT2D eigenvalue weighted by atomic mass is 10.2. The Morgan fingerprint density at radius 1 is 1.21 bits per heavy atom. The number of nitrogens with zero attached hydrogens (tertiary/aromatic N) is 1. The fraction of sp³-hybridized carbons (Fsp3) is 0.235. The number of ether oxygens (including phenoxy) is 2. The van der Waals surface area contributed by atoms with Crippen molar-refractivity contribution in [2.45, 2.75) is 13.0 Å². The molecule has 0 atom stereocenters. The van der Waals surface area contributed by atoms with Gasteiger partial charge >= 0.3 is 0 Å². The average Bonchev–Trinajstić information content (AvgIpc) is 2.59. The number of anilines is 1. The number of alkyl halides is 2. The van der Waals surface area contributed by atoms with Crippen molar-refractivity contribution >= 4 is 11.6 Å². The smallest absolute Gasteiger partial charge is 0.272 e. The second kappa shape index (κ2) is 8.71. The number of aliphatic imine (C=N–C) groups is 1. The molecule has 0 radical (unpaired) electrons. The molecule has 0 unspecified atom stereocenters. The first kappa shape index (κ1) is 17.5. The molecule has 5 nitrogen and oxygen atoms in total. The zero-order valence-corrected chi connectivity index (χ0v) is 13.2. The van der Waals surface area contributed by atoms with Gasteiger partial charge in [-0.15, -0.1) is 0 Å². The summed E-state index contributed by atoms with van der Waals surface area (Å²) in [6.45, 7) is -0.343. The third-order valence-corrected chi connectivity index (χ3v) is 3.08. The van der Waals surface area contributed by atoms with E-state index in [-0.39, 0.29) is 5.96 Å². The van der Waals surface area contributed by atoms with Crippen LogP contribution in [0.25, 0.3) is 0 Å². The summed E-state index contributed by atoms with van der Waals surface area (Å²) in [4.78, 5) is 4.23. The van der Waals surface area contributed by atoms with Gasteiger partial charge < -0.3 is 20.5 Å². The van der Waals surface area contributed by atoms with E-state index in [1.54, 1.807) is 31.4 Å². The van der Waals surface area contributed by atoms with Crippen LogP contribution in [0.4, 0.5) is 14.5 Å². The van der Waals surface area contributed by atoms with Crippen LogP contribution in [0.2, 0.25) is 0 Å². The molecule has 128 valence electrons. The van der Waals surface area contributed by atoms with Crippen LogP contribution in [-0.2, 0) is 6.54 Å². The van der Waals surface area contributed by atoms with Gasteiger partial charge in [-0.3, -0.25) is 0 Å². The Balaban J connectivity index is 1.98. The number of halogens is 2. The molecule has 0 fully saturated rings. The zero-order valence-electron chi connectivity index (χ0n) is 13.2. The zero-order chi connectivity index (χ0) is 17.4. The van der Waals surface area contributed by atoms with Gasteiger partial charge in [0, 0.05) is 0 Å². The lowest BCUT2D eigenvalue weighted by Gasteiger charge is -2.10. The highest BCUT2D eigenvalue weighted by Gasteiger charge is 2.05. The summed E-state index contributed by atoms with van der Waals surface area (Å²) >= 11 is 0. The number of hydrogen-bond donors (Lipinski definition) is 2. The van der Waals surface area contributed by atoms with Gasteiger partial charge in [-0.05, 0) is 29.8 Å². The molecule has 24 heavy (non-hydrogen) atoms.